The Morgan fingerprint density at radius 1 is 1.12 bits per heavy atom. The second kappa shape index (κ2) is 9.94. The number of halogens is 1. The Bertz CT molecular complexity index is 1040. The summed E-state index contributed by atoms with van der Waals surface area (Å²) in [4.78, 5) is 12.8. The van der Waals surface area contributed by atoms with Crippen molar-refractivity contribution in [3.63, 3.8) is 0 Å². The van der Waals surface area contributed by atoms with E-state index in [0.717, 1.165) is 5.56 Å². The Balaban J connectivity index is 1.53. The summed E-state index contributed by atoms with van der Waals surface area (Å²) in [6, 6.07) is 15.2. The van der Waals surface area contributed by atoms with E-state index >= 15 is 0 Å². The average Bonchev–Trinajstić information content (AvgIpc) is 2.73. The van der Waals surface area contributed by atoms with Crippen molar-refractivity contribution >= 4 is 27.5 Å². The highest BCUT2D eigenvalue weighted by molar-refractivity contribution is 7.88. The highest BCUT2D eigenvalue weighted by atomic mass is 35.5. The molecule has 1 saturated heterocycles. The number of piperidine rings is 1. The minimum absolute atomic E-state index is 0.00992. The molecule has 1 heterocycles. The van der Waals surface area contributed by atoms with E-state index in [-0.39, 0.29) is 29.0 Å². The standard InChI is InChI=1S/C25H33ClN2O3S/c1-18(20-8-10-22(11-9-20)25(2,3)4)27-24(29)21-12-14-28(15-13-21)32(30,31)17-19-6-5-7-23(26)16-19/h5-11,16,18,21H,12-15,17H2,1-4H3,(H,27,29)/t18-/m1/s1. The van der Waals surface area contributed by atoms with Crippen molar-refractivity contribution in [1.82, 2.24) is 9.62 Å². The lowest BCUT2D eigenvalue weighted by atomic mass is 9.86. The fourth-order valence-corrected chi connectivity index (χ4v) is 5.77. The molecule has 1 aliphatic rings. The summed E-state index contributed by atoms with van der Waals surface area (Å²) in [6.07, 6.45) is 1.05. The molecule has 0 aliphatic carbocycles. The Morgan fingerprint density at radius 2 is 1.75 bits per heavy atom. The SMILES string of the molecule is C[C@@H](NC(=O)C1CCN(S(=O)(=O)Cc2cccc(Cl)c2)CC1)c1ccc(C(C)(C)C)cc1. The second-order valence-electron chi connectivity index (χ2n) is 9.66. The molecular weight excluding hydrogens is 444 g/mol. The zero-order valence-corrected chi connectivity index (χ0v) is 20.8. The third-order valence-electron chi connectivity index (χ3n) is 6.09. The molecule has 0 radical (unpaired) electrons. The first-order chi connectivity index (χ1) is 15.0. The largest absolute Gasteiger partial charge is 0.349 e. The summed E-state index contributed by atoms with van der Waals surface area (Å²) in [7, 11) is -3.44. The lowest BCUT2D eigenvalue weighted by Gasteiger charge is -2.31. The van der Waals surface area contributed by atoms with Crippen LogP contribution in [0.2, 0.25) is 5.02 Å². The zero-order valence-electron chi connectivity index (χ0n) is 19.3. The lowest BCUT2D eigenvalue weighted by Crippen LogP contribution is -2.43. The van der Waals surface area contributed by atoms with Gasteiger partial charge in [-0.25, -0.2) is 12.7 Å². The maximum absolute atomic E-state index is 12.8. The normalized spacial score (nSPS) is 17.2. The van der Waals surface area contributed by atoms with Crippen LogP contribution >= 0.6 is 11.6 Å². The fourth-order valence-electron chi connectivity index (χ4n) is 4.01. The molecule has 3 rings (SSSR count). The van der Waals surface area contributed by atoms with E-state index in [2.05, 4.69) is 50.4 Å². The average molecular weight is 477 g/mol. The van der Waals surface area contributed by atoms with Crippen LogP contribution < -0.4 is 5.32 Å². The maximum atomic E-state index is 12.8. The summed E-state index contributed by atoms with van der Waals surface area (Å²) >= 11 is 5.97. The molecule has 0 unspecified atom stereocenters. The number of rotatable bonds is 6. The topological polar surface area (TPSA) is 66.5 Å². The molecule has 0 aromatic heterocycles. The smallest absolute Gasteiger partial charge is 0.223 e. The number of hydrogen-bond donors (Lipinski definition) is 1. The lowest BCUT2D eigenvalue weighted by molar-refractivity contribution is -0.126. The number of carbonyl (C=O) groups excluding carboxylic acids is 1. The molecule has 7 heteroatoms. The van der Waals surface area contributed by atoms with Crippen LogP contribution in [0.1, 0.15) is 63.3 Å². The predicted molar refractivity (Wildman–Crippen MR) is 130 cm³/mol. The summed E-state index contributed by atoms with van der Waals surface area (Å²) < 4.78 is 27.1. The van der Waals surface area contributed by atoms with Gasteiger partial charge in [-0.05, 0) is 54.0 Å². The third-order valence-corrected chi connectivity index (χ3v) is 8.18. The molecule has 0 spiro atoms. The maximum Gasteiger partial charge on any atom is 0.223 e. The molecule has 1 atom stereocenters. The van der Waals surface area contributed by atoms with Gasteiger partial charge in [0.25, 0.3) is 0 Å². The summed E-state index contributed by atoms with van der Waals surface area (Å²) in [6.45, 7) is 9.22. The van der Waals surface area contributed by atoms with Crippen LogP contribution in [0.3, 0.4) is 0 Å². The van der Waals surface area contributed by atoms with Gasteiger partial charge in [0.1, 0.15) is 0 Å². The summed E-state index contributed by atoms with van der Waals surface area (Å²) in [5.41, 5.74) is 3.08. The highest BCUT2D eigenvalue weighted by Gasteiger charge is 2.31. The van der Waals surface area contributed by atoms with E-state index < -0.39 is 10.0 Å². The van der Waals surface area contributed by atoms with E-state index in [1.807, 2.05) is 6.92 Å². The van der Waals surface area contributed by atoms with Crippen LogP contribution in [0.5, 0.6) is 0 Å². The first-order valence-corrected chi connectivity index (χ1v) is 13.1. The van der Waals surface area contributed by atoms with E-state index in [0.29, 0.717) is 36.5 Å². The van der Waals surface area contributed by atoms with Gasteiger partial charge >= 0.3 is 0 Å². The number of carbonyl (C=O) groups is 1. The van der Waals surface area contributed by atoms with Gasteiger partial charge in [-0.15, -0.1) is 0 Å². The van der Waals surface area contributed by atoms with Gasteiger partial charge in [-0.2, -0.15) is 0 Å². The van der Waals surface area contributed by atoms with E-state index in [4.69, 9.17) is 11.6 Å². The van der Waals surface area contributed by atoms with Crippen molar-refractivity contribution in [2.75, 3.05) is 13.1 Å². The van der Waals surface area contributed by atoms with Gasteiger partial charge in [-0.1, -0.05) is 68.8 Å². The molecule has 2 aromatic carbocycles. The highest BCUT2D eigenvalue weighted by Crippen LogP contribution is 2.26. The van der Waals surface area contributed by atoms with Gasteiger partial charge in [0.05, 0.1) is 11.8 Å². The summed E-state index contributed by atoms with van der Waals surface area (Å²) in [5, 5.41) is 3.63. The zero-order chi connectivity index (χ0) is 23.5. The van der Waals surface area contributed by atoms with E-state index in [1.54, 1.807) is 24.3 Å². The molecular formula is C25H33ClN2O3S. The van der Waals surface area contributed by atoms with Crippen molar-refractivity contribution in [3.8, 4) is 0 Å². The molecule has 174 valence electrons. The molecule has 32 heavy (non-hydrogen) atoms. The van der Waals surface area contributed by atoms with Gasteiger partial charge < -0.3 is 5.32 Å². The number of nitrogens with zero attached hydrogens (tertiary/aromatic N) is 1. The quantitative estimate of drug-likeness (QED) is 0.633. The molecule has 0 bridgehead atoms. The van der Waals surface area contributed by atoms with Crippen molar-refractivity contribution in [2.24, 2.45) is 5.92 Å². The number of benzene rings is 2. The molecule has 2 aromatic rings. The number of amides is 1. The van der Waals surface area contributed by atoms with E-state index in [1.165, 1.54) is 9.87 Å². The minimum Gasteiger partial charge on any atom is -0.349 e. The van der Waals surface area contributed by atoms with Crippen LogP contribution in [0.15, 0.2) is 48.5 Å². The number of nitrogens with one attached hydrogen (secondary N) is 1. The van der Waals surface area contributed by atoms with E-state index in [9.17, 15) is 13.2 Å². The Hall–Kier alpha value is -1.89. The summed E-state index contributed by atoms with van der Waals surface area (Å²) in [5.74, 6) is -0.264. The van der Waals surface area contributed by atoms with Crippen LogP contribution in [0, 0.1) is 5.92 Å². The molecule has 0 saturated carbocycles. The van der Waals surface area contributed by atoms with Crippen molar-refractivity contribution in [1.29, 1.82) is 0 Å². The Morgan fingerprint density at radius 3 is 2.31 bits per heavy atom. The monoisotopic (exact) mass is 476 g/mol. The van der Waals surface area contributed by atoms with Crippen molar-refractivity contribution < 1.29 is 13.2 Å². The fraction of sp³-hybridized carbons (Fsp3) is 0.480. The number of hydrogen-bond acceptors (Lipinski definition) is 3. The van der Waals surface area contributed by atoms with Gasteiger partial charge in [0.2, 0.25) is 15.9 Å². The second-order valence-corrected chi connectivity index (χ2v) is 12.1. The van der Waals surface area contributed by atoms with Crippen LogP contribution in [-0.4, -0.2) is 31.7 Å². The van der Waals surface area contributed by atoms with Crippen LogP contribution in [0.4, 0.5) is 0 Å². The third kappa shape index (κ3) is 6.33. The van der Waals surface area contributed by atoms with Crippen molar-refractivity contribution in [2.45, 2.75) is 57.7 Å². The molecule has 1 fully saturated rings. The van der Waals surface area contributed by atoms with Crippen LogP contribution in [-0.2, 0) is 26.0 Å². The van der Waals surface area contributed by atoms with Gasteiger partial charge in [0.15, 0.2) is 0 Å². The number of sulfonamides is 1. The van der Waals surface area contributed by atoms with Crippen LogP contribution in [0.25, 0.3) is 0 Å². The van der Waals surface area contributed by atoms with Crippen molar-refractivity contribution in [3.05, 3.63) is 70.2 Å². The molecule has 1 amide bonds. The molecule has 1 aliphatic heterocycles. The first kappa shape index (κ1) is 24.7. The van der Waals surface area contributed by atoms with Gasteiger partial charge in [0, 0.05) is 24.0 Å². The Labute approximate surface area is 197 Å². The molecule has 5 nitrogen and oxygen atoms in total. The predicted octanol–water partition coefficient (Wildman–Crippen LogP) is 5.06. The molecule has 1 N–H and O–H groups in total. The first-order valence-electron chi connectivity index (χ1n) is 11.1. The minimum atomic E-state index is -3.44. The Kier molecular flexibility index (Phi) is 7.69. The van der Waals surface area contributed by atoms with Gasteiger partial charge in [-0.3, -0.25) is 4.79 Å².